The van der Waals surface area contributed by atoms with Gasteiger partial charge in [0.1, 0.15) is 5.92 Å². The first-order valence-electron chi connectivity index (χ1n) is 10.1. The first-order valence-corrected chi connectivity index (χ1v) is 10.1. The lowest BCUT2D eigenvalue weighted by molar-refractivity contribution is -0.141. The minimum absolute atomic E-state index is 0.000412. The van der Waals surface area contributed by atoms with Crippen molar-refractivity contribution in [1.29, 1.82) is 0 Å². The SMILES string of the molecule is Cc1ccccc1N1CCC(C(=O)N2CCN(Cc3ccccc3)CC2)C1=O. The van der Waals surface area contributed by atoms with Crippen molar-refractivity contribution < 1.29 is 9.59 Å². The number of amides is 2. The molecule has 1 atom stereocenters. The molecule has 2 aromatic rings. The van der Waals surface area contributed by atoms with E-state index in [2.05, 4.69) is 29.2 Å². The molecule has 0 saturated carbocycles. The van der Waals surface area contributed by atoms with Gasteiger partial charge in [0.2, 0.25) is 11.8 Å². The zero-order valence-corrected chi connectivity index (χ0v) is 16.4. The molecule has 5 heteroatoms. The standard InChI is InChI=1S/C23H27N3O2/c1-18-7-5-6-10-21(18)26-12-11-20(23(26)28)22(27)25-15-13-24(14-16-25)17-19-8-3-2-4-9-19/h2-10,20H,11-17H2,1H3. The minimum atomic E-state index is -0.528. The van der Waals surface area contributed by atoms with Crippen LogP contribution in [0.1, 0.15) is 17.5 Å². The van der Waals surface area contributed by atoms with Crippen LogP contribution in [0.5, 0.6) is 0 Å². The van der Waals surface area contributed by atoms with E-state index in [1.807, 2.05) is 42.2 Å². The van der Waals surface area contributed by atoms with Crippen molar-refractivity contribution >= 4 is 17.5 Å². The summed E-state index contributed by atoms with van der Waals surface area (Å²) < 4.78 is 0. The summed E-state index contributed by atoms with van der Waals surface area (Å²) in [7, 11) is 0. The molecule has 2 heterocycles. The van der Waals surface area contributed by atoms with Crippen LogP contribution in [0.3, 0.4) is 0 Å². The Balaban J connectivity index is 1.34. The molecule has 1 unspecified atom stereocenters. The average molecular weight is 377 g/mol. The second-order valence-corrected chi connectivity index (χ2v) is 7.70. The molecule has 5 nitrogen and oxygen atoms in total. The summed E-state index contributed by atoms with van der Waals surface area (Å²) in [4.78, 5) is 31.9. The molecule has 2 aliphatic rings. The summed E-state index contributed by atoms with van der Waals surface area (Å²) in [5.74, 6) is -0.577. The van der Waals surface area contributed by atoms with E-state index in [0.29, 0.717) is 26.1 Å². The summed E-state index contributed by atoms with van der Waals surface area (Å²) in [5.41, 5.74) is 3.29. The molecule has 28 heavy (non-hydrogen) atoms. The van der Waals surface area contributed by atoms with Gasteiger partial charge in [-0.2, -0.15) is 0 Å². The minimum Gasteiger partial charge on any atom is -0.339 e. The number of benzene rings is 2. The number of aryl methyl sites for hydroxylation is 1. The number of carbonyl (C=O) groups excluding carboxylic acids is 2. The topological polar surface area (TPSA) is 43.9 Å². The smallest absolute Gasteiger partial charge is 0.239 e. The third kappa shape index (κ3) is 3.80. The second-order valence-electron chi connectivity index (χ2n) is 7.70. The lowest BCUT2D eigenvalue weighted by Gasteiger charge is -2.35. The molecule has 0 bridgehead atoms. The Hall–Kier alpha value is -2.66. The molecule has 4 rings (SSSR count). The highest BCUT2D eigenvalue weighted by molar-refractivity contribution is 6.09. The molecule has 2 fully saturated rings. The van der Waals surface area contributed by atoms with Crippen LogP contribution in [0.25, 0.3) is 0 Å². The van der Waals surface area contributed by atoms with E-state index in [9.17, 15) is 9.59 Å². The molecule has 2 aromatic carbocycles. The van der Waals surface area contributed by atoms with E-state index in [4.69, 9.17) is 0 Å². The monoisotopic (exact) mass is 377 g/mol. The van der Waals surface area contributed by atoms with Crippen LogP contribution >= 0.6 is 0 Å². The van der Waals surface area contributed by atoms with Gasteiger partial charge in [-0.25, -0.2) is 0 Å². The van der Waals surface area contributed by atoms with Crippen molar-refractivity contribution in [3.63, 3.8) is 0 Å². The van der Waals surface area contributed by atoms with Gasteiger partial charge in [-0.05, 0) is 30.5 Å². The van der Waals surface area contributed by atoms with Crippen molar-refractivity contribution in [2.75, 3.05) is 37.6 Å². The fourth-order valence-corrected chi connectivity index (χ4v) is 4.20. The Morgan fingerprint density at radius 3 is 2.32 bits per heavy atom. The van der Waals surface area contributed by atoms with E-state index < -0.39 is 5.92 Å². The van der Waals surface area contributed by atoms with Crippen LogP contribution in [0.15, 0.2) is 54.6 Å². The average Bonchev–Trinajstić information content (AvgIpc) is 3.10. The Morgan fingerprint density at radius 1 is 0.929 bits per heavy atom. The maximum Gasteiger partial charge on any atom is 0.239 e. The maximum absolute atomic E-state index is 13.0. The fraction of sp³-hybridized carbons (Fsp3) is 0.391. The molecular weight excluding hydrogens is 350 g/mol. The van der Waals surface area contributed by atoms with Crippen molar-refractivity contribution in [3.8, 4) is 0 Å². The van der Waals surface area contributed by atoms with Crippen LogP contribution < -0.4 is 4.90 Å². The molecule has 2 amide bonds. The van der Waals surface area contributed by atoms with E-state index >= 15 is 0 Å². The third-order valence-electron chi connectivity index (χ3n) is 5.84. The number of nitrogens with zero attached hydrogens (tertiary/aromatic N) is 3. The molecule has 0 radical (unpaired) electrons. The molecular formula is C23H27N3O2. The number of para-hydroxylation sites is 1. The summed E-state index contributed by atoms with van der Waals surface area (Å²) in [6.07, 6.45) is 0.607. The number of hydrogen-bond acceptors (Lipinski definition) is 3. The molecule has 146 valence electrons. The van der Waals surface area contributed by atoms with Crippen molar-refractivity contribution in [2.24, 2.45) is 5.92 Å². The Bertz CT molecular complexity index is 844. The van der Waals surface area contributed by atoms with Crippen LogP contribution in [-0.2, 0) is 16.1 Å². The Labute approximate surface area is 166 Å². The van der Waals surface area contributed by atoms with Gasteiger partial charge in [-0.1, -0.05) is 48.5 Å². The largest absolute Gasteiger partial charge is 0.339 e. The normalized spacial score (nSPS) is 20.6. The predicted molar refractivity (Wildman–Crippen MR) is 110 cm³/mol. The van der Waals surface area contributed by atoms with Gasteiger partial charge in [-0.3, -0.25) is 14.5 Å². The quantitative estimate of drug-likeness (QED) is 0.770. The predicted octanol–water partition coefficient (Wildman–Crippen LogP) is 2.69. The highest BCUT2D eigenvalue weighted by Crippen LogP contribution is 2.29. The first-order chi connectivity index (χ1) is 13.6. The Kier molecular flexibility index (Phi) is 5.44. The third-order valence-corrected chi connectivity index (χ3v) is 5.84. The maximum atomic E-state index is 13.0. The van der Waals surface area contributed by atoms with Crippen LogP contribution in [0.4, 0.5) is 5.69 Å². The molecule has 2 saturated heterocycles. The molecule has 0 aliphatic carbocycles. The number of rotatable bonds is 4. The van der Waals surface area contributed by atoms with Crippen molar-refractivity contribution in [1.82, 2.24) is 9.80 Å². The summed E-state index contributed by atoms with van der Waals surface area (Å²) in [6, 6.07) is 18.3. The van der Waals surface area contributed by atoms with Gasteiger partial charge in [0, 0.05) is 45.0 Å². The molecule has 0 N–H and O–H groups in total. The number of piperazine rings is 1. The summed E-state index contributed by atoms with van der Waals surface area (Å²) in [5, 5.41) is 0. The van der Waals surface area contributed by atoms with E-state index in [1.165, 1.54) is 5.56 Å². The fourth-order valence-electron chi connectivity index (χ4n) is 4.20. The summed E-state index contributed by atoms with van der Waals surface area (Å²) in [6.45, 7) is 6.62. The van der Waals surface area contributed by atoms with Crippen molar-refractivity contribution in [3.05, 3.63) is 65.7 Å². The molecule has 0 aromatic heterocycles. The van der Waals surface area contributed by atoms with Crippen molar-refractivity contribution in [2.45, 2.75) is 19.9 Å². The van der Waals surface area contributed by atoms with E-state index in [0.717, 1.165) is 30.9 Å². The van der Waals surface area contributed by atoms with Gasteiger partial charge in [0.05, 0.1) is 0 Å². The highest BCUT2D eigenvalue weighted by Gasteiger charge is 2.40. The molecule has 0 spiro atoms. The lowest BCUT2D eigenvalue weighted by Crippen LogP contribution is -2.51. The van der Waals surface area contributed by atoms with Gasteiger partial charge in [0.15, 0.2) is 0 Å². The zero-order valence-electron chi connectivity index (χ0n) is 16.4. The highest BCUT2D eigenvalue weighted by atomic mass is 16.2. The van der Waals surface area contributed by atoms with Gasteiger partial charge < -0.3 is 9.80 Å². The van der Waals surface area contributed by atoms with Gasteiger partial charge in [0.25, 0.3) is 0 Å². The van der Waals surface area contributed by atoms with Gasteiger partial charge >= 0.3 is 0 Å². The van der Waals surface area contributed by atoms with Crippen LogP contribution in [-0.4, -0.2) is 54.3 Å². The first kappa shape index (κ1) is 18.7. The van der Waals surface area contributed by atoms with Gasteiger partial charge in [-0.15, -0.1) is 0 Å². The van der Waals surface area contributed by atoms with E-state index in [-0.39, 0.29) is 11.8 Å². The number of carbonyl (C=O) groups is 2. The number of hydrogen-bond donors (Lipinski definition) is 0. The molecule has 2 aliphatic heterocycles. The van der Waals surface area contributed by atoms with E-state index in [1.54, 1.807) is 4.90 Å². The van der Waals surface area contributed by atoms with Crippen LogP contribution in [0, 0.1) is 12.8 Å². The zero-order chi connectivity index (χ0) is 19.5. The lowest BCUT2D eigenvalue weighted by atomic mass is 10.1. The Morgan fingerprint density at radius 2 is 1.61 bits per heavy atom. The van der Waals surface area contributed by atoms with Crippen LogP contribution in [0.2, 0.25) is 0 Å². The second kappa shape index (κ2) is 8.15. The summed E-state index contributed by atoms with van der Waals surface area (Å²) >= 11 is 0. The number of anilines is 1.